The molecule has 0 spiro atoms. The Morgan fingerprint density at radius 2 is 2.11 bits per heavy atom. The third-order valence-corrected chi connectivity index (χ3v) is 2.51. The fourth-order valence-corrected chi connectivity index (χ4v) is 1.55. The number of hydrogen-bond acceptors (Lipinski definition) is 3. The first-order chi connectivity index (χ1) is 8.77. The third kappa shape index (κ3) is 4.97. The van der Waals surface area contributed by atoms with Gasteiger partial charge in [-0.05, 0) is 12.0 Å². The number of likely N-dealkylation sites (N-methyl/N-ethyl adjacent to an activating group) is 1. The molecule has 5 heteroatoms. The molecule has 1 atom stereocenters. The van der Waals surface area contributed by atoms with E-state index in [1.807, 2.05) is 25.2 Å². The van der Waals surface area contributed by atoms with Gasteiger partial charge in [0.05, 0.1) is 0 Å². The van der Waals surface area contributed by atoms with Crippen molar-refractivity contribution >= 4 is 0 Å². The summed E-state index contributed by atoms with van der Waals surface area (Å²) >= 11 is 0. The van der Waals surface area contributed by atoms with E-state index in [1.54, 1.807) is 5.01 Å². The van der Waals surface area contributed by atoms with Crippen LogP contribution in [0.4, 0.5) is 0 Å². The molecule has 1 rings (SSSR count). The zero-order valence-electron chi connectivity index (χ0n) is 11.0. The van der Waals surface area contributed by atoms with E-state index in [1.165, 1.54) is 5.56 Å². The summed E-state index contributed by atoms with van der Waals surface area (Å²) in [5.41, 5.74) is 1.23. The van der Waals surface area contributed by atoms with E-state index in [4.69, 9.17) is 5.84 Å². The predicted octanol–water partition coefficient (Wildman–Crippen LogP) is 2.24. The molecule has 3 N–H and O–H groups in total. The van der Waals surface area contributed by atoms with Crippen LogP contribution >= 0.6 is 0 Å². The van der Waals surface area contributed by atoms with Gasteiger partial charge in [0.15, 0.2) is 0 Å². The Labute approximate surface area is 108 Å². The lowest BCUT2D eigenvalue weighted by Crippen LogP contribution is -2.38. The number of nitrogens with two attached hydrogens (primary N) is 1. The molecule has 0 radical (unpaired) electrons. The number of allylic oxidation sites excluding steroid dienone is 1. The molecule has 0 aliphatic rings. The molecule has 0 fully saturated rings. The molecule has 98 valence electrons. The van der Waals surface area contributed by atoms with Gasteiger partial charge in [-0.15, -0.1) is 0 Å². The Kier molecular flexibility index (Phi) is 6.50. The first kappa shape index (κ1) is 14.2. The number of hydrogen-bond donors (Lipinski definition) is 2. The Morgan fingerprint density at radius 3 is 2.72 bits per heavy atom. The normalized spacial score (nSPS) is 13.2. The average molecular weight is 247 g/mol. The highest BCUT2D eigenvalue weighted by Crippen LogP contribution is 2.02. The lowest BCUT2D eigenvalue weighted by atomic mass is 10.2. The number of nitrogens with one attached hydrogen (secondary N) is 1. The van der Waals surface area contributed by atoms with Crippen molar-refractivity contribution in [3.05, 3.63) is 48.0 Å². The zero-order valence-corrected chi connectivity index (χ0v) is 11.0. The van der Waals surface area contributed by atoms with Crippen molar-refractivity contribution < 1.29 is 0 Å². The van der Waals surface area contributed by atoms with E-state index in [0.717, 1.165) is 13.0 Å². The summed E-state index contributed by atoms with van der Waals surface area (Å²) in [4.78, 5) is 0. The molecule has 0 saturated carbocycles. The van der Waals surface area contributed by atoms with E-state index in [-0.39, 0.29) is 6.17 Å². The summed E-state index contributed by atoms with van der Waals surface area (Å²) < 4.78 is 0. The number of nitrogens with zero attached hydrogens (tertiary/aromatic N) is 3. The number of rotatable bonds is 7. The van der Waals surface area contributed by atoms with Gasteiger partial charge >= 0.3 is 0 Å². The van der Waals surface area contributed by atoms with E-state index in [2.05, 4.69) is 47.0 Å². The van der Waals surface area contributed by atoms with Gasteiger partial charge in [0.1, 0.15) is 6.17 Å². The molecule has 5 nitrogen and oxygen atoms in total. The van der Waals surface area contributed by atoms with E-state index in [9.17, 15) is 0 Å². The first-order valence-electron chi connectivity index (χ1n) is 6.05. The molecule has 1 unspecified atom stereocenters. The lowest BCUT2D eigenvalue weighted by molar-refractivity contribution is 0.235. The van der Waals surface area contributed by atoms with Crippen molar-refractivity contribution in [1.82, 2.24) is 10.3 Å². The topological polar surface area (TPSA) is 66.0 Å². The average Bonchev–Trinajstić information content (AvgIpc) is 2.40. The van der Waals surface area contributed by atoms with E-state index >= 15 is 0 Å². The summed E-state index contributed by atoms with van der Waals surface area (Å²) in [7, 11) is 1.83. The summed E-state index contributed by atoms with van der Waals surface area (Å²) in [6.45, 7) is 2.86. The van der Waals surface area contributed by atoms with Crippen molar-refractivity contribution in [1.29, 1.82) is 0 Å². The molecule has 0 saturated heterocycles. The maximum atomic E-state index is 5.07. The molecule has 18 heavy (non-hydrogen) atoms. The van der Waals surface area contributed by atoms with Crippen LogP contribution in [-0.4, -0.2) is 18.2 Å². The second-order valence-electron chi connectivity index (χ2n) is 3.93. The molecule has 0 aliphatic carbocycles. The fraction of sp³-hybridized carbons (Fsp3) is 0.385. The minimum atomic E-state index is -0.0162. The molecular weight excluding hydrogens is 226 g/mol. The molecule has 0 heterocycles. The van der Waals surface area contributed by atoms with Crippen molar-refractivity contribution in [2.75, 3.05) is 7.05 Å². The second kappa shape index (κ2) is 8.25. The van der Waals surface area contributed by atoms with Gasteiger partial charge in [-0.2, -0.15) is 0 Å². The summed E-state index contributed by atoms with van der Waals surface area (Å²) in [5.74, 6) is 5.07. The first-order valence-corrected chi connectivity index (χ1v) is 6.05. The molecule has 0 aromatic heterocycles. The lowest BCUT2D eigenvalue weighted by Gasteiger charge is -2.22. The van der Waals surface area contributed by atoms with Gasteiger partial charge < -0.3 is 5.84 Å². The second-order valence-corrected chi connectivity index (χ2v) is 3.93. The van der Waals surface area contributed by atoms with Gasteiger partial charge in [0.25, 0.3) is 0 Å². The Morgan fingerprint density at radius 1 is 1.39 bits per heavy atom. The molecular formula is C13H21N5. The van der Waals surface area contributed by atoms with Gasteiger partial charge in [-0.25, -0.2) is 0 Å². The third-order valence-electron chi connectivity index (χ3n) is 2.51. The zero-order chi connectivity index (χ0) is 13.2. The summed E-state index contributed by atoms with van der Waals surface area (Å²) in [6, 6.07) is 10.2. The maximum Gasteiger partial charge on any atom is 0.117 e. The minimum Gasteiger partial charge on any atom is -0.303 e. The van der Waals surface area contributed by atoms with Gasteiger partial charge in [-0.1, -0.05) is 59.9 Å². The van der Waals surface area contributed by atoms with Crippen molar-refractivity contribution in [2.45, 2.75) is 26.1 Å². The van der Waals surface area contributed by atoms with Gasteiger partial charge in [0.2, 0.25) is 0 Å². The Hall–Kier alpha value is -1.88. The molecule has 0 amide bonds. The minimum absolute atomic E-state index is 0.0162. The monoisotopic (exact) mass is 247 g/mol. The van der Waals surface area contributed by atoms with Crippen molar-refractivity contribution in [3.8, 4) is 0 Å². The van der Waals surface area contributed by atoms with Crippen LogP contribution in [0.15, 0.2) is 52.9 Å². The van der Waals surface area contributed by atoms with Crippen LogP contribution in [0.1, 0.15) is 18.9 Å². The maximum absolute atomic E-state index is 5.07. The van der Waals surface area contributed by atoms with Crippen LogP contribution < -0.4 is 11.2 Å². The molecule has 1 aromatic carbocycles. The van der Waals surface area contributed by atoms with Crippen LogP contribution in [-0.2, 0) is 6.54 Å². The number of benzene rings is 1. The van der Waals surface area contributed by atoms with Crippen molar-refractivity contribution in [2.24, 2.45) is 16.3 Å². The largest absolute Gasteiger partial charge is 0.303 e. The highest BCUT2D eigenvalue weighted by atomic mass is 15.6. The Bertz CT molecular complexity index is 374. The molecule has 1 aromatic rings. The highest BCUT2D eigenvalue weighted by molar-refractivity contribution is 5.14. The molecule has 0 aliphatic heterocycles. The van der Waals surface area contributed by atoms with Crippen LogP contribution in [0.25, 0.3) is 0 Å². The fourth-order valence-electron chi connectivity index (χ4n) is 1.55. The highest BCUT2D eigenvalue weighted by Gasteiger charge is 2.08. The van der Waals surface area contributed by atoms with Crippen LogP contribution in [0.2, 0.25) is 0 Å². The van der Waals surface area contributed by atoms with Crippen LogP contribution in [0, 0.1) is 0 Å². The standard InChI is InChI=1S/C13H21N5/c1-3-4-10-13(18(2)17-16-14)15-11-12-8-6-5-7-9-12/h4-10,13,15H,3,11H2,1-2H3,(H2,14,17)/b10-4-. The van der Waals surface area contributed by atoms with Crippen molar-refractivity contribution in [3.63, 3.8) is 0 Å². The van der Waals surface area contributed by atoms with Gasteiger partial charge in [-0.3, -0.25) is 10.3 Å². The smallest absolute Gasteiger partial charge is 0.117 e. The predicted molar refractivity (Wildman–Crippen MR) is 73.3 cm³/mol. The van der Waals surface area contributed by atoms with E-state index in [0.29, 0.717) is 0 Å². The van der Waals surface area contributed by atoms with Crippen LogP contribution in [0.5, 0.6) is 0 Å². The van der Waals surface area contributed by atoms with Gasteiger partial charge in [0, 0.05) is 13.6 Å². The Balaban J connectivity index is 2.58. The molecule has 0 bridgehead atoms. The summed E-state index contributed by atoms with van der Waals surface area (Å²) in [6.07, 6.45) is 5.11. The quantitative estimate of drug-likeness (QED) is 0.255. The van der Waals surface area contributed by atoms with E-state index < -0.39 is 0 Å². The summed E-state index contributed by atoms with van der Waals surface area (Å²) in [5, 5.41) is 12.2. The van der Waals surface area contributed by atoms with Crippen LogP contribution in [0.3, 0.4) is 0 Å². The SMILES string of the molecule is CC/C=C\C(NCc1ccccc1)N(C)/N=N\N.